The molecule has 1 fully saturated rings. The average Bonchev–Trinajstić information content (AvgIpc) is 3.33. The van der Waals surface area contributed by atoms with Crippen molar-refractivity contribution in [1.82, 2.24) is 14.8 Å². The van der Waals surface area contributed by atoms with Gasteiger partial charge in [-0.05, 0) is 17.7 Å². The Labute approximate surface area is 203 Å². The van der Waals surface area contributed by atoms with Crippen molar-refractivity contribution < 1.29 is 14.3 Å². The summed E-state index contributed by atoms with van der Waals surface area (Å²) in [6.45, 7) is 4.55. The second-order valence-corrected chi connectivity index (χ2v) is 8.88. The van der Waals surface area contributed by atoms with Crippen molar-refractivity contribution in [3.63, 3.8) is 0 Å². The minimum atomic E-state index is -0.507. The molecule has 34 heavy (non-hydrogen) atoms. The number of nitrogens with zero attached hydrogens (tertiary/aromatic N) is 3. The number of benzene rings is 2. The molecule has 8 nitrogen and oxygen atoms in total. The Hall–Kier alpha value is -3.43. The highest BCUT2D eigenvalue weighted by Gasteiger charge is 2.21. The van der Waals surface area contributed by atoms with Gasteiger partial charge in [-0.15, -0.1) is 11.3 Å². The van der Waals surface area contributed by atoms with Gasteiger partial charge in [-0.1, -0.05) is 48.5 Å². The van der Waals surface area contributed by atoms with Crippen LogP contribution in [0.3, 0.4) is 0 Å². The van der Waals surface area contributed by atoms with E-state index in [1.807, 2.05) is 70.9 Å². The molecule has 0 aliphatic carbocycles. The van der Waals surface area contributed by atoms with Gasteiger partial charge < -0.3 is 15.0 Å². The van der Waals surface area contributed by atoms with Crippen LogP contribution in [0.15, 0.2) is 66.0 Å². The fourth-order valence-electron chi connectivity index (χ4n) is 3.66. The van der Waals surface area contributed by atoms with Crippen LogP contribution in [0.1, 0.15) is 11.3 Å². The number of nitrogens with one attached hydrogen (secondary N) is 2. The first-order chi connectivity index (χ1) is 16.7. The maximum absolute atomic E-state index is 12.5. The molecular weight excluding hydrogens is 450 g/mol. The molecule has 9 heteroatoms. The lowest BCUT2D eigenvalue weighted by atomic mass is 10.2. The lowest BCUT2D eigenvalue weighted by Gasteiger charge is -2.34. The number of hydrogen-bond donors (Lipinski definition) is 2. The van der Waals surface area contributed by atoms with Crippen molar-refractivity contribution >= 4 is 34.2 Å². The zero-order valence-corrected chi connectivity index (χ0v) is 19.8. The summed E-state index contributed by atoms with van der Waals surface area (Å²) >= 11 is 1.39. The van der Waals surface area contributed by atoms with Crippen molar-refractivity contribution in [3.05, 3.63) is 77.3 Å². The summed E-state index contributed by atoms with van der Waals surface area (Å²) in [5, 5.41) is 8.37. The molecule has 178 valence electrons. The molecule has 1 aromatic heterocycles. The first-order valence-corrected chi connectivity index (χ1v) is 12.2. The number of piperazine rings is 1. The van der Waals surface area contributed by atoms with Gasteiger partial charge >= 0.3 is 6.09 Å². The number of hydrogen-bond acceptors (Lipinski definition) is 7. The van der Waals surface area contributed by atoms with E-state index >= 15 is 0 Å². The predicted octanol–water partition coefficient (Wildman–Crippen LogP) is 3.69. The lowest BCUT2D eigenvalue weighted by molar-refractivity contribution is -0.131. The second kappa shape index (κ2) is 12.2. The zero-order valence-electron chi connectivity index (χ0n) is 19.0. The van der Waals surface area contributed by atoms with Gasteiger partial charge in [0.25, 0.3) is 0 Å². The lowest BCUT2D eigenvalue weighted by Crippen LogP contribution is -2.50. The standard InChI is InChI=1S/C25H29N5O3S/c31-23(17-26-21-9-5-2-6-10-21)30-15-13-29(14-16-30)12-11-22-19-34-24(27-22)28-25(32)33-18-20-7-3-1-4-8-20/h1-10,19,26H,11-18H2,(H,27,28,32). The molecule has 1 aliphatic heterocycles. The Kier molecular flexibility index (Phi) is 8.48. The number of carbonyl (C=O) groups excluding carboxylic acids is 2. The molecule has 2 heterocycles. The van der Waals surface area contributed by atoms with Crippen molar-refractivity contribution in [2.75, 3.05) is 49.9 Å². The number of ether oxygens (including phenoxy) is 1. The number of aromatic nitrogens is 1. The fraction of sp³-hybridized carbons (Fsp3) is 0.320. The highest BCUT2D eigenvalue weighted by molar-refractivity contribution is 7.13. The van der Waals surface area contributed by atoms with Gasteiger partial charge in [0, 0.05) is 50.2 Å². The third kappa shape index (κ3) is 7.29. The minimum Gasteiger partial charge on any atom is -0.444 e. The van der Waals surface area contributed by atoms with Crippen molar-refractivity contribution in [2.45, 2.75) is 13.0 Å². The third-order valence-corrected chi connectivity index (χ3v) is 6.41. The quantitative estimate of drug-likeness (QED) is 0.487. The summed E-state index contributed by atoms with van der Waals surface area (Å²) in [5.41, 5.74) is 2.83. The Morgan fingerprint density at radius 3 is 2.41 bits per heavy atom. The Bertz CT molecular complexity index is 1050. The topological polar surface area (TPSA) is 86.8 Å². The van der Waals surface area contributed by atoms with E-state index in [9.17, 15) is 9.59 Å². The molecule has 0 spiro atoms. The summed E-state index contributed by atoms with van der Waals surface area (Å²) in [7, 11) is 0. The fourth-order valence-corrected chi connectivity index (χ4v) is 4.40. The number of para-hydroxylation sites is 1. The Balaban J connectivity index is 1.13. The molecular formula is C25H29N5O3S. The summed E-state index contributed by atoms with van der Waals surface area (Å²) < 4.78 is 5.24. The summed E-state index contributed by atoms with van der Waals surface area (Å²) in [5.74, 6) is 0.123. The number of carbonyl (C=O) groups is 2. The van der Waals surface area contributed by atoms with Gasteiger partial charge in [0.1, 0.15) is 6.61 Å². The maximum atomic E-state index is 12.5. The monoisotopic (exact) mass is 479 g/mol. The van der Waals surface area contributed by atoms with Crippen LogP contribution in [-0.4, -0.2) is 66.1 Å². The van der Waals surface area contributed by atoms with Crippen LogP contribution >= 0.6 is 11.3 Å². The van der Waals surface area contributed by atoms with Gasteiger partial charge in [-0.3, -0.25) is 15.0 Å². The molecule has 0 atom stereocenters. The SMILES string of the molecule is O=C(Nc1nc(CCN2CCN(C(=O)CNc3ccccc3)CC2)cs1)OCc1ccccc1. The normalized spacial score (nSPS) is 13.9. The molecule has 2 N–H and O–H groups in total. The highest BCUT2D eigenvalue weighted by Crippen LogP contribution is 2.17. The maximum Gasteiger partial charge on any atom is 0.413 e. The van der Waals surface area contributed by atoms with Crippen LogP contribution in [0.4, 0.5) is 15.6 Å². The molecule has 2 aromatic carbocycles. The number of thiazole rings is 1. The van der Waals surface area contributed by atoms with E-state index in [2.05, 4.69) is 20.5 Å². The van der Waals surface area contributed by atoms with Gasteiger partial charge in [-0.25, -0.2) is 9.78 Å². The first-order valence-electron chi connectivity index (χ1n) is 11.4. The van der Waals surface area contributed by atoms with Crippen LogP contribution in [-0.2, 0) is 22.6 Å². The van der Waals surface area contributed by atoms with Crippen LogP contribution < -0.4 is 10.6 Å². The Morgan fingerprint density at radius 2 is 1.68 bits per heavy atom. The minimum absolute atomic E-state index is 0.123. The van der Waals surface area contributed by atoms with E-state index in [0.717, 1.165) is 56.1 Å². The Morgan fingerprint density at radius 1 is 0.971 bits per heavy atom. The molecule has 0 radical (unpaired) electrons. The van der Waals surface area contributed by atoms with Crippen LogP contribution in [0.25, 0.3) is 0 Å². The van der Waals surface area contributed by atoms with Gasteiger partial charge in [0.2, 0.25) is 5.91 Å². The molecule has 0 unspecified atom stereocenters. The van der Waals surface area contributed by atoms with E-state index in [-0.39, 0.29) is 12.5 Å². The molecule has 2 amide bonds. The molecule has 4 rings (SSSR count). The van der Waals surface area contributed by atoms with Crippen LogP contribution in [0.2, 0.25) is 0 Å². The number of amides is 2. The van der Waals surface area contributed by atoms with E-state index in [1.54, 1.807) is 0 Å². The van der Waals surface area contributed by atoms with Crippen LogP contribution in [0.5, 0.6) is 0 Å². The summed E-state index contributed by atoms with van der Waals surface area (Å²) in [4.78, 5) is 33.2. The van der Waals surface area contributed by atoms with Gasteiger partial charge in [0.15, 0.2) is 5.13 Å². The largest absolute Gasteiger partial charge is 0.444 e. The average molecular weight is 480 g/mol. The van der Waals surface area contributed by atoms with E-state index < -0.39 is 6.09 Å². The molecule has 0 bridgehead atoms. The van der Waals surface area contributed by atoms with Crippen LogP contribution in [0, 0.1) is 0 Å². The molecule has 1 aliphatic rings. The second-order valence-electron chi connectivity index (χ2n) is 8.02. The third-order valence-electron chi connectivity index (χ3n) is 5.60. The van der Waals surface area contributed by atoms with Crippen molar-refractivity contribution in [1.29, 1.82) is 0 Å². The summed E-state index contributed by atoms with van der Waals surface area (Å²) in [6.07, 6.45) is 0.285. The number of anilines is 2. The summed E-state index contributed by atoms with van der Waals surface area (Å²) in [6, 6.07) is 19.3. The number of rotatable bonds is 9. The highest BCUT2D eigenvalue weighted by atomic mass is 32.1. The van der Waals surface area contributed by atoms with E-state index in [1.165, 1.54) is 11.3 Å². The van der Waals surface area contributed by atoms with E-state index in [0.29, 0.717) is 11.7 Å². The first kappa shape index (κ1) is 23.7. The molecule has 0 saturated carbocycles. The van der Waals surface area contributed by atoms with E-state index in [4.69, 9.17) is 4.74 Å². The molecule has 1 saturated heterocycles. The molecule has 3 aromatic rings. The van der Waals surface area contributed by atoms with Gasteiger partial charge in [0.05, 0.1) is 12.2 Å². The smallest absolute Gasteiger partial charge is 0.413 e. The van der Waals surface area contributed by atoms with Crippen molar-refractivity contribution in [3.8, 4) is 0 Å². The zero-order chi connectivity index (χ0) is 23.6. The predicted molar refractivity (Wildman–Crippen MR) is 134 cm³/mol. The van der Waals surface area contributed by atoms with Crippen molar-refractivity contribution in [2.24, 2.45) is 0 Å². The van der Waals surface area contributed by atoms with Gasteiger partial charge in [-0.2, -0.15) is 0 Å².